The number of likely N-dealkylation sites (N-methyl/N-ethyl adjacent to an activating group) is 1. The maximum Gasteiger partial charge on any atom is 0.409 e. The van der Waals surface area contributed by atoms with Crippen LogP contribution in [0.2, 0.25) is 0 Å². The Kier molecular flexibility index (Phi) is 18.7. The summed E-state index contributed by atoms with van der Waals surface area (Å²) < 4.78 is 44.1. The topological polar surface area (TPSA) is 94.2 Å². The monoisotopic (exact) mass is 617 g/mol. The predicted molar refractivity (Wildman–Crippen MR) is 168 cm³/mol. The van der Waals surface area contributed by atoms with Gasteiger partial charge in [0, 0.05) is 26.1 Å². The minimum absolute atomic E-state index is 0.0474. The highest BCUT2D eigenvalue weighted by Crippen LogP contribution is 2.44. The number of hydrogen-bond acceptors (Lipinski definition) is 9. The van der Waals surface area contributed by atoms with Crippen molar-refractivity contribution in [2.75, 3.05) is 113 Å². The summed E-state index contributed by atoms with van der Waals surface area (Å²) in [5.74, 6) is 0.0474. The first kappa shape index (κ1) is 35.9. The van der Waals surface area contributed by atoms with Crippen LogP contribution in [0.15, 0.2) is 48.5 Å². The molecule has 246 valence electrons. The number of nitrogens with zero attached hydrogens (tertiary/aromatic N) is 1. The molecule has 0 unspecified atom stereocenters. The first-order valence-electron chi connectivity index (χ1n) is 15.8. The Morgan fingerprint density at radius 3 is 1.41 bits per heavy atom. The Morgan fingerprint density at radius 1 is 0.591 bits per heavy atom. The molecule has 0 atom stereocenters. The average molecular weight is 618 g/mol. The number of amides is 1. The van der Waals surface area contributed by atoms with Crippen molar-refractivity contribution in [3.63, 3.8) is 0 Å². The molecule has 0 radical (unpaired) electrons. The van der Waals surface area contributed by atoms with Crippen LogP contribution in [0.4, 0.5) is 4.79 Å². The molecule has 0 saturated carbocycles. The molecule has 10 nitrogen and oxygen atoms in total. The molecule has 0 fully saturated rings. The molecular weight excluding hydrogens is 566 g/mol. The van der Waals surface area contributed by atoms with Crippen molar-refractivity contribution >= 4 is 6.09 Å². The third-order valence-corrected chi connectivity index (χ3v) is 7.09. The summed E-state index contributed by atoms with van der Waals surface area (Å²) in [6, 6.07) is 16.6. The molecule has 3 rings (SSSR count). The van der Waals surface area contributed by atoms with Crippen LogP contribution in [0.1, 0.15) is 36.8 Å². The molecule has 0 heterocycles. The van der Waals surface area contributed by atoms with Crippen LogP contribution in [0.5, 0.6) is 0 Å². The van der Waals surface area contributed by atoms with Gasteiger partial charge in [0.05, 0.1) is 85.9 Å². The van der Waals surface area contributed by atoms with Gasteiger partial charge >= 0.3 is 6.09 Å². The molecule has 1 amide bonds. The van der Waals surface area contributed by atoms with Gasteiger partial charge in [-0.1, -0.05) is 61.9 Å². The van der Waals surface area contributed by atoms with Crippen molar-refractivity contribution in [1.29, 1.82) is 0 Å². The summed E-state index contributed by atoms with van der Waals surface area (Å²) in [6.45, 7) is 10.4. The number of ether oxygens (including phenoxy) is 8. The summed E-state index contributed by atoms with van der Waals surface area (Å²) in [6.07, 6.45) is 1.88. The zero-order valence-electron chi connectivity index (χ0n) is 26.5. The van der Waals surface area contributed by atoms with Crippen LogP contribution in [0.3, 0.4) is 0 Å². The predicted octanol–water partition coefficient (Wildman–Crippen LogP) is 4.78. The minimum atomic E-state index is -0.357. The van der Waals surface area contributed by atoms with E-state index in [1.807, 2.05) is 24.3 Å². The maximum atomic E-state index is 12.6. The fourth-order valence-corrected chi connectivity index (χ4v) is 4.66. The summed E-state index contributed by atoms with van der Waals surface area (Å²) in [5.41, 5.74) is 4.82. The molecule has 2 aromatic carbocycles. The van der Waals surface area contributed by atoms with Crippen molar-refractivity contribution in [2.45, 2.75) is 25.7 Å². The van der Waals surface area contributed by atoms with Gasteiger partial charge in [-0.2, -0.15) is 0 Å². The van der Waals surface area contributed by atoms with E-state index in [1.54, 1.807) is 7.05 Å². The quantitative estimate of drug-likeness (QED) is 0.138. The third kappa shape index (κ3) is 13.6. The number of fused-ring (bicyclic) bond motifs is 3. The van der Waals surface area contributed by atoms with E-state index in [0.29, 0.717) is 99.0 Å². The molecule has 44 heavy (non-hydrogen) atoms. The molecule has 0 saturated heterocycles. The highest BCUT2D eigenvalue weighted by atomic mass is 16.6. The summed E-state index contributed by atoms with van der Waals surface area (Å²) in [7, 11) is 1.72. The van der Waals surface area contributed by atoms with E-state index in [-0.39, 0.29) is 12.0 Å². The summed E-state index contributed by atoms with van der Waals surface area (Å²) in [5, 5.41) is 0. The zero-order valence-corrected chi connectivity index (χ0v) is 26.5. The smallest absolute Gasteiger partial charge is 0.409 e. The van der Waals surface area contributed by atoms with Crippen LogP contribution in [0, 0.1) is 0 Å². The molecular formula is C34H51NO9. The van der Waals surface area contributed by atoms with Gasteiger partial charge in [0.1, 0.15) is 6.61 Å². The van der Waals surface area contributed by atoms with Crippen molar-refractivity contribution in [2.24, 2.45) is 0 Å². The van der Waals surface area contributed by atoms with Crippen LogP contribution in [-0.4, -0.2) is 124 Å². The molecule has 0 aliphatic heterocycles. The molecule has 1 aliphatic carbocycles. The third-order valence-electron chi connectivity index (χ3n) is 7.09. The standard InChI is InChI=1S/C34H51NO9/c1-3-4-14-37-16-18-39-20-22-41-24-26-43-27-25-42-23-21-40-19-17-38-15-13-35(2)34(36)44-28-33-31-11-7-5-9-29(31)30-10-6-8-12-32(30)33/h5-12,33H,3-4,13-28H2,1-2H3. The van der Waals surface area contributed by atoms with E-state index in [9.17, 15) is 4.79 Å². The Hall–Kier alpha value is -2.57. The Morgan fingerprint density at radius 2 is 0.977 bits per heavy atom. The van der Waals surface area contributed by atoms with Crippen molar-refractivity contribution in [3.8, 4) is 11.1 Å². The van der Waals surface area contributed by atoms with Gasteiger partial charge in [0.15, 0.2) is 0 Å². The fraction of sp³-hybridized carbons (Fsp3) is 0.618. The number of carbonyl (C=O) groups excluding carboxylic acids is 1. The van der Waals surface area contributed by atoms with Gasteiger partial charge in [0.25, 0.3) is 0 Å². The Bertz CT molecular complexity index is 992. The highest BCUT2D eigenvalue weighted by molar-refractivity contribution is 5.79. The minimum Gasteiger partial charge on any atom is -0.448 e. The maximum absolute atomic E-state index is 12.6. The SMILES string of the molecule is CCCCOCCOCCOCCOCCOCCOCCOCCN(C)C(=O)OCC1c2ccccc2-c2ccccc21. The lowest BCUT2D eigenvalue weighted by atomic mass is 9.98. The zero-order chi connectivity index (χ0) is 31.1. The van der Waals surface area contributed by atoms with E-state index < -0.39 is 0 Å². The lowest BCUT2D eigenvalue weighted by Gasteiger charge is -2.19. The van der Waals surface area contributed by atoms with E-state index in [0.717, 1.165) is 19.4 Å². The number of rotatable bonds is 26. The number of hydrogen-bond donors (Lipinski definition) is 0. The van der Waals surface area contributed by atoms with E-state index in [1.165, 1.54) is 27.2 Å². The van der Waals surface area contributed by atoms with E-state index in [2.05, 4.69) is 31.2 Å². The lowest BCUT2D eigenvalue weighted by Crippen LogP contribution is -2.32. The first-order valence-corrected chi connectivity index (χ1v) is 15.8. The Labute approximate surface area is 262 Å². The molecule has 0 N–H and O–H groups in total. The van der Waals surface area contributed by atoms with Crippen LogP contribution in [0.25, 0.3) is 11.1 Å². The van der Waals surface area contributed by atoms with Gasteiger partial charge in [0.2, 0.25) is 0 Å². The van der Waals surface area contributed by atoms with Gasteiger partial charge < -0.3 is 42.8 Å². The van der Waals surface area contributed by atoms with Crippen LogP contribution in [-0.2, 0) is 37.9 Å². The van der Waals surface area contributed by atoms with Crippen molar-refractivity contribution in [1.82, 2.24) is 4.90 Å². The second-order valence-electron chi connectivity index (χ2n) is 10.4. The molecule has 0 bridgehead atoms. The second-order valence-corrected chi connectivity index (χ2v) is 10.4. The molecule has 10 heteroatoms. The number of benzene rings is 2. The highest BCUT2D eigenvalue weighted by Gasteiger charge is 2.29. The molecule has 1 aliphatic rings. The number of unbranched alkanes of at least 4 members (excludes halogenated alkanes) is 1. The number of carbonyl (C=O) groups is 1. The Balaban J connectivity index is 1.06. The molecule has 0 aromatic heterocycles. The van der Waals surface area contributed by atoms with Gasteiger partial charge in [-0.05, 0) is 28.7 Å². The fourth-order valence-electron chi connectivity index (χ4n) is 4.66. The summed E-state index contributed by atoms with van der Waals surface area (Å²) >= 11 is 0. The van der Waals surface area contributed by atoms with Crippen LogP contribution >= 0.6 is 0 Å². The first-order chi connectivity index (χ1) is 21.7. The van der Waals surface area contributed by atoms with E-state index >= 15 is 0 Å². The molecule has 2 aromatic rings. The van der Waals surface area contributed by atoms with Crippen LogP contribution < -0.4 is 0 Å². The van der Waals surface area contributed by atoms with Crippen molar-refractivity contribution < 1.29 is 42.7 Å². The van der Waals surface area contributed by atoms with Gasteiger partial charge in [-0.25, -0.2) is 4.79 Å². The van der Waals surface area contributed by atoms with Gasteiger partial charge in [-0.3, -0.25) is 0 Å². The van der Waals surface area contributed by atoms with E-state index in [4.69, 9.17) is 37.9 Å². The molecule has 0 spiro atoms. The summed E-state index contributed by atoms with van der Waals surface area (Å²) in [4.78, 5) is 14.1. The lowest BCUT2D eigenvalue weighted by molar-refractivity contribution is -0.0209. The average Bonchev–Trinajstić information content (AvgIpc) is 3.37. The van der Waals surface area contributed by atoms with Gasteiger partial charge in [-0.15, -0.1) is 0 Å². The second kappa shape index (κ2) is 22.9. The normalized spacial score (nSPS) is 12.3. The van der Waals surface area contributed by atoms with Crippen molar-refractivity contribution in [3.05, 3.63) is 59.7 Å². The largest absolute Gasteiger partial charge is 0.448 e.